The van der Waals surface area contributed by atoms with Crippen LogP contribution in [0.4, 0.5) is 5.82 Å². The first-order valence-corrected chi connectivity index (χ1v) is 8.08. The first-order chi connectivity index (χ1) is 12.0. The molecular weight excluding hydrogens is 316 g/mol. The van der Waals surface area contributed by atoms with Crippen LogP contribution in [-0.4, -0.2) is 30.4 Å². The summed E-state index contributed by atoms with van der Waals surface area (Å²) in [7, 11) is 1.30. The van der Waals surface area contributed by atoms with Crippen molar-refractivity contribution in [2.75, 3.05) is 12.0 Å². The summed E-state index contributed by atoms with van der Waals surface area (Å²) in [6, 6.07) is 13.9. The quantitative estimate of drug-likeness (QED) is 0.439. The van der Waals surface area contributed by atoms with Gasteiger partial charge in [0.05, 0.1) is 12.8 Å². The Balaban J connectivity index is 2.36. The standard InChI is InChI=1S/C20H22N2O3/c1-15(2)22(13-16-7-5-4-6-8-16)19-11-9-17(14-23)18(21-19)10-12-20(24)25-3/h4-12,14-15H,13H2,1-3H3/b12-10+. The van der Waals surface area contributed by atoms with Crippen molar-refractivity contribution in [3.05, 3.63) is 65.4 Å². The molecule has 0 bridgehead atoms. The zero-order valence-corrected chi connectivity index (χ0v) is 14.7. The van der Waals surface area contributed by atoms with E-state index in [1.165, 1.54) is 24.8 Å². The number of nitrogens with zero attached hydrogens (tertiary/aromatic N) is 2. The Hall–Kier alpha value is -2.95. The van der Waals surface area contributed by atoms with Crippen LogP contribution in [0.5, 0.6) is 0 Å². The number of ether oxygens (including phenoxy) is 1. The number of esters is 1. The van der Waals surface area contributed by atoms with E-state index in [0.717, 1.165) is 12.1 Å². The van der Waals surface area contributed by atoms with Crippen molar-refractivity contribution in [2.24, 2.45) is 0 Å². The molecule has 0 N–H and O–H groups in total. The Bertz CT molecular complexity index is 755. The first kappa shape index (κ1) is 18.4. The molecule has 25 heavy (non-hydrogen) atoms. The van der Waals surface area contributed by atoms with Crippen molar-refractivity contribution < 1.29 is 14.3 Å². The van der Waals surface area contributed by atoms with Crippen LogP contribution in [-0.2, 0) is 16.1 Å². The van der Waals surface area contributed by atoms with Crippen LogP contribution >= 0.6 is 0 Å². The number of benzene rings is 1. The number of rotatable bonds is 7. The number of hydrogen-bond donors (Lipinski definition) is 0. The summed E-state index contributed by atoms with van der Waals surface area (Å²) < 4.78 is 4.59. The van der Waals surface area contributed by atoms with Gasteiger partial charge >= 0.3 is 5.97 Å². The molecule has 0 aliphatic carbocycles. The Kier molecular flexibility index (Phi) is 6.46. The van der Waals surface area contributed by atoms with E-state index in [9.17, 15) is 9.59 Å². The Morgan fingerprint density at radius 3 is 2.52 bits per heavy atom. The maximum Gasteiger partial charge on any atom is 0.330 e. The van der Waals surface area contributed by atoms with E-state index in [2.05, 4.69) is 40.6 Å². The van der Waals surface area contributed by atoms with Crippen LogP contribution < -0.4 is 4.90 Å². The van der Waals surface area contributed by atoms with Gasteiger partial charge in [0, 0.05) is 24.2 Å². The van der Waals surface area contributed by atoms with E-state index in [1.54, 1.807) is 6.07 Å². The van der Waals surface area contributed by atoms with Gasteiger partial charge in [-0.1, -0.05) is 30.3 Å². The number of hydrogen-bond acceptors (Lipinski definition) is 5. The number of carbonyl (C=O) groups is 2. The van der Waals surface area contributed by atoms with E-state index in [0.29, 0.717) is 17.8 Å². The summed E-state index contributed by atoms with van der Waals surface area (Å²) in [4.78, 5) is 29.3. The van der Waals surface area contributed by atoms with Crippen molar-refractivity contribution in [1.82, 2.24) is 4.98 Å². The van der Waals surface area contributed by atoms with E-state index in [4.69, 9.17) is 0 Å². The summed E-state index contributed by atoms with van der Waals surface area (Å²) in [6.07, 6.45) is 3.49. The molecule has 1 heterocycles. The summed E-state index contributed by atoms with van der Waals surface area (Å²) in [5.74, 6) is 0.253. The van der Waals surface area contributed by atoms with E-state index >= 15 is 0 Å². The minimum atomic E-state index is -0.492. The normalized spacial score (nSPS) is 10.9. The number of methoxy groups -OCH3 is 1. The molecule has 0 unspecified atom stereocenters. The van der Waals surface area contributed by atoms with Crippen molar-refractivity contribution in [3.63, 3.8) is 0 Å². The van der Waals surface area contributed by atoms with E-state index in [1.807, 2.05) is 24.3 Å². The van der Waals surface area contributed by atoms with Gasteiger partial charge in [0.15, 0.2) is 6.29 Å². The molecule has 0 aliphatic heterocycles. The molecule has 5 heteroatoms. The van der Waals surface area contributed by atoms with Crippen LogP contribution in [0.15, 0.2) is 48.5 Å². The van der Waals surface area contributed by atoms with Gasteiger partial charge in [0.2, 0.25) is 0 Å². The lowest BCUT2D eigenvalue weighted by Gasteiger charge is -2.28. The number of aldehydes is 1. The van der Waals surface area contributed by atoms with Crippen LogP contribution in [0.1, 0.15) is 35.5 Å². The molecular formula is C20H22N2O3. The second-order valence-corrected chi connectivity index (χ2v) is 5.83. The molecule has 0 spiro atoms. The monoisotopic (exact) mass is 338 g/mol. The highest BCUT2D eigenvalue weighted by Gasteiger charge is 2.14. The highest BCUT2D eigenvalue weighted by Crippen LogP contribution is 2.20. The first-order valence-electron chi connectivity index (χ1n) is 8.08. The predicted octanol–water partition coefficient (Wildman–Crippen LogP) is 3.50. The van der Waals surface area contributed by atoms with Crippen molar-refractivity contribution in [2.45, 2.75) is 26.4 Å². The molecule has 1 aromatic carbocycles. The van der Waals surface area contributed by atoms with Gasteiger partial charge in [-0.3, -0.25) is 4.79 Å². The number of anilines is 1. The Labute approximate surface area is 147 Å². The van der Waals surface area contributed by atoms with Crippen LogP contribution in [0, 0.1) is 0 Å². The third kappa shape index (κ3) is 5.01. The topological polar surface area (TPSA) is 59.5 Å². The Morgan fingerprint density at radius 1 is 1.20 bits per heavy atom. The highest BCUT2D eigenvalue weighted by molar-refractivity contribution is 5.89. The smallest absolute Gasteiger partial charge is 0.330 e. The molecule has 0 saturated carbocycles. The summed E-state index contributed by atoms with van der Waals surface area (Å²) >= 11 is 0. The minimum absolute atomic E-state index is 0.215. The molecule has 1 aromatic heterocycles. The highest BCUT2D eigenvalue weighted by atomic mass is 16.5. The van der Waals surface area contributed by atoms with Crippen molar-refractivity contribution in [1.29, 1.82) is 0 Å². The molecule has 0 saturated heterocycles. The van der Waals surface area contributed by atoms with Gasteiger partial charge in [0.25, 0.3) is 0 Å². The molecule has 5 nitrogen and oxygen atoms in total. The summed E-state index contributed by atoms with van der Waals surface area (Å²) in [5.41, 5.74) is 2.04. The van der Waals surface area contributed by atoms with Gasteiger partial charge in [-0.2, -0.15) is 0 Å². The van der Waals surface area contributed by atoms with Crippen LogP contribution in [0.2, 0.25) is 0 Å². The fourth-order valence-electron chi connectivity index (χ4n) is 2.39. The fraction of sp³-hybridized carbons (Fsp3) is 0.250. The summed E-state index contributed by atoms with van der Waals surface area (Å²) in [6.45, 7) is 4.87. The maximum absolute atomic E-state index is 11.3. The van der Waals surface area contributed by atoms with Gasteiger partial charge < -0.3 is 9.64 Å². The predicted molar refractivity (Wildman–Crippen MR) is 98.4 cm³/mol. The number of carbonyl (C=O) groups excluding carboxylic acids is 2. The average Bonchev–Trinajstić information content (AvgIpc) is 2.64. The molecule has 0 atom stereocenters. The number of aromatic nitrogens is 1. The zero-order chi connectivity index (χ0) is 18.2. The number of pyridine rings is 1. The van der Waals surface area contributed by atoms with Gasteiger partial charge in [-0.05, 0) is 37.6 Å². The van der Waals surface area contributed by atoms with Crippen molar-refractivity contribution >= 4 is 24.1 Å². The molecule has 0 aliphatic rings. The van der Waals surface area contributed by atoms with Crippen LogP contribution in [0.3, 0.4) is 0 Å². The van der Waals surface area contributed by atoms with E-state index in [-0.39, 0.29) is 6.04 Å². The molecule has 0 fully saturated rings. The SMILES string of the molecule is COC(=O)/C=C/c1nc(N(Cc2ccccc2)C(C)C)ccc1C=O. The van der Waals surface area contributed by atoms with Gasteiger partial charge in [0.1, 0.15) is 5.82 Å². The molecule has 130 valence electrons. The van der Waals surface area contributed by atoms with Gasteiger partial charge in [-0.15, -0.1) is 0 Å². The lowest BCUT2D eigenvalue weighted by Crippen LogP contribution is -2.31. The Morgan fingerprint density at radius 2 is 1.92 bits per heavy atom. The third-order valence-corrected chi connectivity index (χ3v) is 3.76. The lowest BCUT2D eigenvalue weighted by molar-refractivity contribution is -0.134. The molecule has 2 aromatic rings. The lowest BCUT2D eigenvalue weighted by atomic mass is 10.1. The fourth-order valence-corrected chi connectivity index (χ4v) is 2.39. The van der Waals surface area contributed by atoms with E-state index < -0.39 is 5.97 Å². The minimum Gasteiger partial charge on any atom is -0.466 e. The zero-order valence-electron chi connectivity index (χ0n) is 14.7. The molecule has 0 amide bonds. The van der Waals surface area contributed by atoms with Crippen molar-refractivity contribution in [3.8, 4) is 0 Å². The van der Waals surface area contributed by atoms with Crippen LogP contribution in [0.25, 0.3) is 6.08 Å². The third-order valence-electron chi connectivity index (χ3n) is 3.76. The molecule has 2 rings (SSSR count). The second kappa shape index (κ2) is 8.78. The largest absolute Gasteiger partial charge is 0.466 e. The molecule has 0 radical (unpaired) electrons. The summed E-state index contributed by atoms with van der Waals surface area (Å²) in [5, 5.41) is 0. The maximum atomic E-state index is 11.3. The average molecular weight is 338 g/mol. The second-order valence-electron chi connectivity index (χ2n) is 5.83. The van der Waals surface area contributed by atoms with Gasteiger partial charge in [-0.25, -0.2) is 9.78 Å².